The highest BCUT2D eigenvalue weighted by atomic mass is 32.2. The lowest BCUT2D eigenvalue weighted by Crippen LogP contribution is -1.88. The molecule has 0 atom stereocenters. The van der Waals surface area contributed by atoms with Crippen LogP contribution in [0.25, 0.3) is 0 Å². The summed E-state index contributed by atoms with van der Waals surface area (Å²) in [5.41, 5.74) is 1.66. The second-order valence-electron chi connectivity index (χ2n) is 4.63. The molecular weight excluding hydrogens is 259 g/mol. The molecule has 0 radical (unpaired) electrons. The number of rotatable bonds is 4. The van der Waals surface area contributed by atoms with Gasteiger partial charge in [-0.2, -0.15) is 0 Å². The minimum atomic E-state index is -0.387. The molecular formula is C16H15FOS. The maximum atomic E-state index is 13.0. The van der Waals surface area contributed by atoms with Crippen molar-refractivity contribution >= 4 is 18.0 Å². The summed E-state index contributed by atoms with van der Waals surface area (Å²) in [5.74, 6) is 0.108. The number of hydrogen-bond donors (Lipinski definition) is 0. The van der Waals surface area contributed by atoms with E-state index in [0.717, 1.165) is 9.79 Å². The molecule has 0 N–H and O–H groups in total. The molecule has 1 nitrogen and oxygen atoms in total. The first-order chi connectivity index (χ1) is 9.10. The zero-order chi connectivity index (χ0) is 13.8. The Morgan fingerprint density at radius 3 is 2.37 bits per heavy atom. The molecule has 0 fully saturated rings. The van der Waals surface area contributed by atoms with Crippen LogP contribution in [0.1, 0.15) is 35.7 Å². The molecule has 0 aliphatic rings. The van der Waals surface area contributed by atoms with E-state index in [1.807, 2.05) is 12.1 Å². The summed E-state index contributed by atoms with van der Waals surface area (Å²) in [4.78, 5) is 12.7. The number of benzene rings is 2. The molecule has 0 saturated heterocycles. The zero-order valence-electron chi connectivity index (χ0n) is 10.9. The SMILES string of the molecule is CC(C)c1ccc(Sc2ccc(F)cc2C=O)cc1. The lowest BCUT2D eigenvalue weighted by molar-refractivity contribution is 0.112. The monoisotopic (exact) mass is 274 g/mol. The van der Waals surface area contributed by atoms with Gasteiger partial charge in [0.2, 0.25) is 0 Å². The summed E-state index contributed by atoms with van der Waals surface area (Å²) in [5, 5.41) is 0. The Morgan fingerprint density at radius 2 is 1.79 bits per heavy atom. The van der Waals surface area contributed by atoms with E-state index in [1.54, 1.807) is 6.07 Å². The van der Waals surface area contributed by atoms with Crippen LogP contribution in [0.3, 0.4) is 0 Å². The van der Waals surface area contributed by atoms with Gasteiger partial charge in [-0.15, -0.1) is 0 Å². The third-order valence-electron chi connectivity index (χ3n) is 2.87. The highest BCUT2D eigenvalue weighted by molar-refractivity contribution is 7.99. The quantitative estimate of drug-likeness (QED) is 0.737. The second kappa shape index (κ2) is 6.02. The van der Waals surface area contributed by atoms with Crippen molar-refractivity contribution in [2.45, 2.75) is 29.6 Å². The van der Waals surface area contributed by atoms with Crippen LogP contribution in [0.15, 0.2) is 52.3 Å². The van der Waals surface area contributed by atoms with Gasteiger partial charge in [0, 0.05) is 15.4 Å². The smallest absolute Gasteiger partial charge is 0.151 e. The zero-order valence-corrected chi connectivity index (χ0v) is 11.7. The third-order valence-corrected chi connectivity index (χ3v) is 3.97. The Labute approximate surface area is 116 Å². The minimum Gasteiger partial charge on any atom is -0.298 e. The molecule has 0 aromatic heterocycles. The number of halogens is 1. The van der Waals surface area contributed by atoms with Crippen molar-refractivity contribution in [3.8, 4) is 0 Å². The van der Waals surface area contributed by atoms with Crippen LogP contribution in [-0.2, 0) is 0 Å². The van der Waals surface area contributed by atoms with Crippen molar-refractivity contribution in [1.82, 2.24) is 0 Å². The van der Waals surface area contributed by atoms with Gasteiger partial charge in [0.05, 0.1) is 0 Å². The fraction of sp³-hybridized carbons (Fsp3) is 0.188. The molecule has 0 aliphatic heterocycles. The van der Waals surface area contributed by atoms with E-state index in [4.69, 9.17) is 0 Å². The highest BCUT2D eigenvalue weighted by Crippen LogP contribution is 2.31. The van der Waals surface area contributed by atoms with E-state index in [9.17, 15) is 9.18 Å². The minimum absolute atomic E-state index is 0.387. The third kappa shape index (κ3) is 3.44. The first-order valence-corrected chi connectivity index (χ1v) is 6.94. The Bertz CT molecular complexity index is 576. The number of aldehydes is 1. The standard InChI is InChI=1S/C16H15FOS/c1-11(2)12-3-6-15(7-4-12)19-16-8-5-14(17)9-13(16)10-18/h3-11H,1-2H3. The van der Waals surface area contributed by atoms with Gasteiger partial charge in [-0.1, -0.05) is 37.7 Å². The van der Waals surface area contributed by atoms with Crippen molar-refractivity contribution in [2.75, 3.05) is 0 Å². The van der Waals surface area contributed by atoms with Crippen molar-refractivity contribution in [3.63, 3.8) is 0 Å². The fourth-order valence-electron chi connectivity index (χ4n) is 1.75. The Balaban J connectivity index is 2.23. The average Bonchev–Trinajstić information content (AvgIpc) is 2.41. The van der Waals surface area contributed by atoms with E-state index >= 15 is 0 Å². The lowest BCUT2D eigenvalue weighted by Gasteiger charge is -2.08. The van der Waals surface area contributed by atoms with Gasteiger partial charge in [0.1, 0.15) is 5.82 Å². The Morgan fingerprint density at radius 1 is 1.11 bits per heavy atom. The Hall–Kier alpha value is -1.61. The normalized spacial score (nSPS) is 10.7. The second-order valence-corrected chi connectivity index (χ2v) is 5.74. The molecule has 2 aromatic carbocycles. The van der Waals surface area contributed by atoms with Crippen molar-refractivity contribution < 1.29 is 9.18 Å². The van der Waals surface area contributed by atoms with Crippen LogP contribution >= 0.6 is 11.8 Å². The van der Waals surface area contributed by atoms with Gasteiger partial charge >= 0.3 is 0 Å². The number of hydrogen-bond acceptors (Lipinski definition) is 2. The van der Waals surface area contributed by atoms with E-state index in [2.05, 4.69) is 26.0 Å². The van der Waals surface area contributed by atoms with Gasteiger partial charge in [-0.25, -0.2) is 4.39 Å². The van der Waals surface area contributed by atoms with Gasteiger partial charge in [-0.05, 0) is 41.8 Å². The molecule has 19 heavy (non-hydrogen) atoms. The lowest BCUT2D eigenvalue weighted by atomic mass is 10.0. The van der Waals surface area contributed by atoms with E-state index in [-0.39, 0.29) is 5.82 Å². The summed E-state index contributed by atoms with van der Waals surface area (Å²) < 4.78 is 13.0. The number of carbonyl (C=O) groups excluding carboxylic acids is 1. The predicted molar refractivity (Wildman–Crippen MR) is 76.4 cm³/mol. The highest BCUT2D eigenvalue weighted by Gasteiger charge is 2.06. The van der Waals surface area contributed by atoms with Crippen molar-refractivity contribution in [3.05, 3.63) is 59.4 Å². The maximum Gasteiger partial charge on any atom is 0.151 e. The van der Waals surface area contributed by atoms with E-state index in [1.165, 1.54) is 29.5 Å². The molecule has 2 aromatic rings. The first kappa shape index (κ1) is 13.8. The molecule has 3 heteroatoms. The summed E-state index contributed by atoms with van der Waals surface area (Å²) in [6, 6.07) is 12.5. The van der Waals surface area contributed by atoms with E-state index in [0.29, 0.717) is 17.8 Å². The molecule has 2 rings (SSSR count). The molecule has 0 aliphatic carbocycles. The molecule has 0 unspecified atom stereocenters. The van der Waals surface area contributed by atoms with Crippen LogP contribution in [0.2, 0.25) is 0 Å². The van der Waals surface area contributed by atoms with Crippen molar-refractivity contribution in [1.29, 1.82) is 0 Å². The van der Waals surface area contributed by atoms with Crippen LogP contribution in [-0.4, -0.2) is 6.29 Å². The summed E-state index contributed by atoms with van der Waals surface area (Å²) in [6.45, 7) is 4.29. The van der Waals surface area contributed by atoms with Crippen LogP contribution in [0, 0.1) is 5.82 Å². The summed E-state index contributed by atoms with van der Waals surface area (Å²) in [7, 11) is 0. The van der Waals surface area contributed by atoms with Gasteiger partial charge < -0.3 is 0 Å². The van der Waals surface area contributed by atoms with Gasteiger partial charge in [0.25, 0.3) is 0 Å². The molecule has 0 saturated carbocycles. The maximum absolute atomic E-state index is 13.0. The molecule has 0 spiro atoms. The number of carbonyl (C=O) groups is 1. The topological polar surface area (TPSA) is 17.1 Å². The largest absolute Gasteiger partial charge is 0.298 e. The van der Waals surface area contributed by atoms with Crippen LogP contribution in [0.4, 0.5) is 4.39 Å². The first-order valence-electron chi connectivity index (χ1n) is 6.12. The fourth-order valence-corrected chi connectivity index (χ4v) is 2.64. The van der Waals surface area contributed by atoms with Crippen LogP contribution < -0.4 is 0 Å². The molecule has 98 valence electrons. The molecule has 0 amide bonds. The summed E-state index contributed by atoms with van der Waals surface area (Å²) in [6.07, 6.45) is 0.688. The molecule has 0 bridgehead atoms. The molecule has 0 heterocycles. The van der Waals surface area contributed by atoms with Crippen LogP contribution in [0.5, 0.6) is 0 Å². The van der Waals surface area contributed by atoms with E-state index < -0.39 is 0 Å². The van der Waals surface area contributed by atoms with Gasteiger partial charge in [-0.3, -0.25) is 4.79 Å². The van der Waals surface area contributed by atoms with Crippen molar-refractivity contribution in [2.24, 2.45) is 0 Å². The van der Waals surface area contributed by atoms with Gasteiger partial charge in [0.15, 0.2) is 6.29 Å². The summed E-state index contributed by atoms with van der Waals surface area (Å²) >= 11 is 1.47. The predicted octanol–water partition coefficient (Wildman–Crippen LogP) is 4.91. The Kier molecular flexibility index (Phi) is 4.38. The average molecular weight is 274 g/mol.